The van der Waals surface area contributed by atoms with Crippen LogP contribution in [0.25, 0.3) is 5.65 Å². The maximum atomic E-state index is 12.0. The molecule has 0 bridgehead atoms. The molecule has 138 valence electrons. The smallest absolute Gasteiger partial charge is 0.357 e. The first-order valence-corrected chi connectivity index (χ1v) is 9.23. The second kappa shape index (κ2) is 8.24. The van der Waals surface area contributed by atoms with Crippen molar-refractivity contribution in [2.45, 2.75) is 11.9 Å². The number of halogens is 1. The Morgan fingerprint density at radius 3 is 2.74 bits per heavy atom. The summed E-state index contributed by atoms with van der Waals surface area (Å²) >= 11 is 6.91. The molecule has 0 saturated heterocycles. The first kappa shape index (κ1) is 18.9. The molecule has 2 aromatic heterocycles. The molecule has 3 aromatic rings. The van der Waals surface area contributed by atoms with Gasteiger partial charge in [-0.25, -0.2) is 15.2 Å². The van der Waals surface area contributed by atoms with Crippen molar-refractivity contribution in [2.75, 3.05) is 5.75 Å². The number of nitrogens with one attached hydrogen (secondary N) is 1. The van der Waals surface area contributed by atoms with Gasteiger partial charge in [0.05, 0.1) is 12.0 Å². The highest BCUT2D eigenvalue weighted by Gasteiger charge is 2.20. The molecule has 0 aliphatic heterocycles. The van der Waals surface area contributed by atoms with Crippen LogP contribution in [0.4, 0.5) is 0 Å². The van der Waals surface area contributed by atoms with Crippen molar-refractivity contribution >= 4 is 47.1 Å². The molecule has 0 saturated carbocycles. The average molecular weight is 403 g/mol. The van der Waals surface area contributed by atoms with Crippen molar-refractivity contribution in [1.82, 2.24) is 14.8 Å². The number of aromatic carboxylic acids is 1. The van der Waals surface area contributed by atoms with Crippen molar-refractivity contribution in [2.24, 2.45) is 5.10 Å². The van der Waals surface area contributed by atoms with Gasteiger partial charge in [0.15, 0.2) is 5.69 Å². The number of pyridine rings is 1. The third-order valence-corrected chi connectivity index (χ3v) is 4.92. The van der Waals surface area contributed by atoms with Crippen LogP contribution in [0.5, 0.6) is 0 Å². The van der Waals surface area contributed by atoms with E-state index >= 15 is 0 Å². The van der Waals surface area contributed by atoms with E-state index in [-0.39, 0.29) is 17.4 Å². The number of amides is 1. The van der Waals surface area contributed by atoms with Crippen LogP contribution in [0, 0.1) is 6.92 Å². The van der Waals surface area contributed by atoms with Crippen molar-refractivity contribution < 1.29 is 14.7 Å². The first-order valence-electron chi connectivity index (χ1n) is 7.87. The van der Waals surface area contributed by atoms with E-state index in [1.807, 2.05) is 13.0 Å². The molecular formula is C18H15ClN4O3S. The third-order valence-electron chi connectivity index (χ3n) is 3.61. The highest BCUT2D eigenvalue weighted by molar-refractivity contribution is 8.00. The zero-order chi connectivity index (χ0) is 19.4. The Kier molecular flexibility index (Phi) is 5.78. The summed E-state index contributed by atoms with van der Waals surface area (Å²) in [4.78, 5) is 27.6. The molecule has 27 heavy (non-hydrogen) atoms. The number of thioether (sulfide) groups is 1. The fraction of sp³-hybridized carbons (Fsp3) is 0.111. The number of carbonyl (C=O) groups excluding carboxylic acids is 1. The van der Waals surface area contributed by atoms with Gasteiger partial charge in [-0.2, -0.15) is 5.10 Å². The maximum Gasteiger partial charge on any atom is 0.357 e. The van der Waals surface area contributed by atoms with E-state index < -0.39 is 5.97 Å². The molecule has 9 heteroatoms. The molecule has 2 heterocycles. The molecule has 0 atom stereocenters. The highest BCUT2D eigenvalue weighted by atomic mass is 35.5. The minimum Gasteiger partial charge on any atom is -0.476 e. The van der Waals surface area contributed by atoms with Gasteiger partial charge in [-0.15, -0.1) is 0 Å². The molecule has 1 amide bonds. The summed E-state index contributed by atoms with van der Waals surface area (Å²) in [5.74, 6) is -1.49. The summed E-state index contributed by atoms with van der Waals surface area (Å²) in [6.07, 6.45) is 1.50. The number of aryl methyl sites for hydroxylation is 1. The van der Waals surface area contributed by atoms with E-state index in [9.17, 15) is 14.7 Å². The second-order valence-electron chi connectivity index (χ2n) is 5.56. The number of imidazole rings is 1. The quantitative estimate of drug-likeness (QED) is 0.375. The Labute approximate surface area is 164 Å². The largest absolute Gasteiger partial charge is 0.476 e. The zero-order valence-corrected chi connectivity index (χ0v) is 15.8. The van der Waals surface area contributed by atoms with E-state index in [1.165, 1.54) is 6.21 Å². The summed E-state index contributed by atoms with van der Waals surface area (Å²) < 4.78 is 1.72. The molecule has 2 N–H and O–H groups in total. The molecule has 0 radical (unpaired) electrons. The summed E-state index contributed by atoms with van der Waals surface area (Å²) in [5.41, 5.74) is 4.49. The number of carbonyl (C=O) groups is 2. The second-order valence-corrected chi connectivity index (χ2v) is 6.97. The number of carboxylic acid groups (broad SMARTS) is 1. The number of benzene rings is 1. The minimum absolute atomic E-state index is 0.000363. The molecule has 0 aliphatic rings. The summed E-state index contributed by atoms with van der Waals surface area (Å²) in [5, 5.41) is 14.3. The van der Waals surface area contributed by atoms with Crippen LogP contribution in [-0.2, 0) is 4.79 Å². The lowest BCUT2D eigenvalue weighted by Gasteiger charge is -2.05. The maximum absolute atomic E-state index is 12.0. The van der Waals surface area contributed by atoms with E-state index in [0.717, 1.165) is 23.0 Å². The Hall–Kier alpha value is -2.84. The Balaban J connectivity index is 1.69. The minimum atomic E-state index is -1.14. The van der Waals surface area contributed by atoms with Gasteiger partial charge in [0.1, 0.15) is 10.7 Å². The van der Waals surface area contributed by atoms with Gasteiger partial charge in [-0.3, -0.25) is 9.20 Å². The van der Waals surface area contributed by atoms with E-state index in [2.05, 4.69) is 15.5 Å². The van der Waals surface area contributed by atoms with Crippen LogP contribution in [0.15, 0.2) is 52.6 Å². The molecule has 0 unspecified atom stereocenters. The lowest BCUT2D eigenvalue weighted by molar-refractivity contribution is -0.118. The molecular weight excluding hydrogens is 388 g/mol. The predicted octanol–water partition coefficient (Wildman–Crippen LogP) is 3.24. The number of hydrogen-bond acceptors (Lipinski definition) is 5. The number of aromatic nitrogens is 2. The highest BCUT2D eigenvalue weighted by Crippen LogP contribution is 2.25. The third kappa shape index (κ3) is 4.47. The van der Waals surface area contributed by atoms with Crippen LogP contribution in [0.2, 0.25) is 5.02 Å². The van der Waals surface area contributed by atoms with Crippen molar-refractivity contribution in [3.8, 4) is 0 Å². The lowest BCUT2D eigenvalue weighted by atomic mass is 10.2. The number of rotatable bonds is 6. The van der Waals surface area contributed by atoms with E-state index in [1.54, 1.807) is 40.8 Å². The number of nitrogens with zero attached hydrogens (tertiary/aromatic N) is 3. The molecule has 0 fully saturated rings. The van der Waals surface area contributed by atoms with Gasteiger partial charge in [0, 0.05) is 10.7 Å². The van der Waals surface area contributed by atoms with Crippen LogP contribution in [0.3, 0.4) is 0 Å². The lowest BCUT2D eigenvalue weighted by Crippen LogP contribution is -2.20. The van der Waals surface area contributed by atoms with Crippen LogP contribution in [0.1, 0.15) is 21.7 Å². The van der Waals surface area contributed by atoms with Gasteiger partial charge in [0.2, 0.25) is 5.91 Å². The summed E-state index contributed by atoms with van der Waals surface area (Å²) in [6.45, 7) is 1.85. The molecule has 0 aliphatic carbocycles. The Bertz CT molecular complexity index is 1030. The van der Waals surface area contributed by atoms with Gasteiger partial charge in [-0.05, 0) is 36.8 Å². The number of carboxylic acids is 1. The van der Waals surface area contributed by atoms with Crippen LogP contribution >= 0.6 is 23.4 Å². The summed E-state index contributed by atoms with van der Waals surface area (Å²) in [6, 6.07) is 12.4. The standard InChI is InChI=1S/C18H15ClN4O3S/c1-11-3-2-4-14-21-16(18(25)26)17(23(11)14)27-10-15(24)22-20-9-12-5-7-13(19)8-6-12/h2-9H,10H2,1H3,(H,22,24)(H,25,26)/b20-9+. The van der Waals surface area contributed by atoms with Gasteiger partial charge in [0.25, 0.3) is 0 Å². The van der Waals surface area contributed by atoms with Gasteiger partial charge in [-0.1, -0.05) is 41.6 Å². The van der Waals surface area contributed by atoms with E-state index in [4.69, 9.17) is 11.6 Å². The van der Waals surface area contributed by atoms with E-state index in [0.29, 0.717) is 15.7 Å². The number of hydrazone groups is 1. The normalized spacial score (nSPS) is 11.2. The Morgan fingerprint density at radius 1 is 1.30 bits per heavy atom. The zero-order valence-electron chi connectivity index (χ0n) is 14.2. The monoisotopic (exact) mass is 402 g/mol. The topological polar surface area (TPSA) is 96.1 Å². The molecule has 1 aromatic carbocycles. The molecule has 7 nitrogen and oxygen atoms in total. The summed E-state index contributed by atoms with van der Waals surface area (Å²) in [7, 11) is 0. The fourth-order valence-electron chi connectivity index (χ4n) is 2.39. The van der Waals surface area contributed by atoms with Gasteiger partial charge < -0.3 is 5.11 Å². The number of fused-ring (bicyclic) bond motifs is 1. The van der Waals surface area contributed by atoms with Gasteiger partial charge >= 0.3 is 5.97 Å². The van der Waals surface area contributed by atoms with Crippen LogP contribution in [-0.4, -0.2) is 38.3 Å². The van der Waals surface area contributed by atoms with Crippen LogP contribution < -0.4 is 5.43 Å². The van der Waals surface area contributed by atoms with Crippen molar-refractivity contribution in [1.29, 1.82) is 0 Å². The number of hydrogen-bond donors (Lipinski definition) is 2. The molecule has 3 rings (SSSR count). The van der Waals surface area contributed by atoms with Crippen molar-refractivity contribution in [3.05, 3.63) is 64.4 Å². The average Bonchev–Trinajstić information content (AvgIpc) is 3.02. The SMILES string of the molecule is Cc1cccc2nc(C(=O)O)c(SCC(=O)N/N=C/c3ccc(Cl)cc3)n12. The predicted molar refractivity (Wildman–Crippen MR) is 105 cm³/mol. The Morgan fingerprint density at radius 2 is 2.04 bits per heavy atom. The first-order chi connectivity index (χ1) is 13.0. The molecule has 0 spiro atoms. The fourth-order valence-corrected chi connectivity index (χ4v) is 3.48. The van der Waals surface area contributed by atoms with Crippen molar-refractivity contribution in [3.63, 3.8) is 0 Å².